The van der Waals surface area contributed by atoms with Crippen molar-refractivity contribution < 1.29 is 4.74 Å². The highest BCUT2D eigenvalue weighted by atomic mass is 16.5. The van der Waals surface area contributed by atoms with E-state index in [0.29, 0.717) is 6.04 Å². The summed E-state index contributed by atoms with van der Waals surface area (Å²) in [6.07, 6.45) is 9.23. The number of nitrogens with one attached hydrogen (secondary N) is 1. The molecule has 2 aliphatic rings. The van der Waals surface area contributed by atoms with E-state index in [1.807, 2.05) is 19.4 Å². The molecule has 1 heterocycles. The van der Waals surface area contributed by atoms with Gasteiger partial charge in [0.25, 0.3) is 0 Å². The molecule has 0 spiro atoms. The van der Waals surface area contributed by atoms with Gasteiger partial charge in [-0.05, 0) is 50.2 Å². The molecule has 1 saturated carbocycles. The predicted molar refractivity (Wildman–Crippen MR) is 71.5 cm³/mol. The zero-order valence-electron chi connectivity index (χ0n) is 11.1. The summed E-state index contributed by atoms with van der Waals surface area (Å²) in [4.78, 5) is 4.57. The second kappa shape index (κ2) is 4.98. The Morgan fingerprint density at radius 2 is 2.33 bits per heavy atom. The maximum atomic E-state index is 5.67. The SMILES string of the molecule is COC1(CNC2CCCc3cccnc32)CCC1. The van der Waals surface area contributed by atoms with E-state index in [0.717, 1.165) is 6.54 Å². The van der Waals surface area contributed by atoms with Crippen LogP contribution in [-0.2, 0) is 11.2 Å². The van der Waals surface area contributed by atoms with E-state index in [4.69, 9.17) is 4.74 Å². The summed E-state index contributed by atoms with van der Waals surface area (Å²) < 4.78 is 5.67. The number of pyridine rings is 1. The molecular formula is C15H22N2O. The lowest BCUT2D eigenvalue weighted by Gasteiger charge is -2.42. The first-order valence-electron chi connectivity index (χ1n) is 7.05. The third-order valence-corrected chi connectivity index (χ3v) is 4.56. The molecule has 0 aliphatic heterocycles. The van der Waals surface area contributed by atoms with Gasteiger partial charge in [-0.15, -0.1) is 0 Å². The molecule has 18 heavy (non-hydrogen) atoms. The molecule has 1 aromatic heterocycles. The fraction of sp³-hybridized carbons (Fsp3) is 0.667. The van der Waals surface area contributed by atoms with Crippen LogP contribution in [0.5, 0.6) is 0 Å². The van der Waals surface area contributed by atoms with E-state index in [9.17, 15) is 0 Å². The van der Waals surface area contributed by atoms with Crippen molar-refractivity contribution in [1.29, 1.82) is 0 Å². The van der Waals surface area contributed by atoms with Gasteiger partial charge in [0.15, 0.2) is 0 Å². The highest BCUT2D eigenvalue weighted by Gasteiger charge is 2.37. The highest BCUT2D eigenvalue weighted by Crippen LogP contribution is 2.35. The van der Waals surface area contributed by atoms with Crippen LogP contribution in [0.1, 0.15) is 49.4 Å². The molecule has 1 unspecified atom stereocenters. The van der Waals surface area contributed by atoms with Crippen molar-refractivity contribution in [2.45, 2.75) is 50.2 Å². The molecule has 1 atom stereocenters. The van der Waals surface area contributed by atoms with Gasteiger partial charge in [-0.2, -0.15) is 0 Å². The fourth-order valence-electron chi connectivity index (χ4n) is 3.14. The van der Waals surface area contributed by atoms with Crippen molar-refractivity contribution in [3.8, 4) is 0 Å². The Hall–Kier alpha value is -0.930. The van der Waals surface area contributed by atoms with Crippen LogP contribution in [0.2, 0.25) is 0 Å². The highest BCUT2D eigenvalue weighted by molar-refractivity contribution is 5.25. The summed E-state index contributed by atoms with van der Waals surface area (Å²) in [5.41, 5.74) is 2.78. The van der Waals surface area contributed by atoms with E-state index in [-0.39, 0.29) is 5.60 Å². The number of aromatic nitrogens is 1. The molecule has 1 aromatic rings. The van der Waals surface area contributed by atoms with Crippen molar-refractivity contribution in [2.75, 3.05) is 13.7 Å². The number of fused-ring (bicyclic) bond motifs is 1. The smallest absolute Gasteiger partial charge is 0.0802 e. The molecule has 98 valence electrons. The van der Waals surface area contributed by atoms with Gasteiger partial charge < -0.3 is 10.1 Å². The Bertz CT molecular complexity index is 409. The van der Waals surface area contributed by atoms with Crippen LogP contribution < -0.4 is 5.32 Å². The predicted octanol–water partition coefficient (Wildman–Crippen LogP) is 2.62. The Balaban J connectivity index is 1.67. The summed E-state index contributed by atoms with van der Waals surface area (Å²) in [5.74, 6) is 0. The first-order chi connectivity index (χ1) is 8.83. The van der Waals surface area contributed by atoms with Crippen LogP contribution in [0.4, 0.5) is 0 Å². The summed E-state index contributed by atoms with van der Waals surface area (Å²) in [6.45, 7) is 0.962. The monoisotopic (exact) mass is 246 g/mol. The molecule has 0 aromatic carbocycles. The Morgan fingerprint density at radius 3 is 3.06 bits per heavy atom. The summed E-state index contributed by atoms with van der Waals surface area (Å²) in [5, 5.41) is 3.68. The van der Waals surface area contributed by atoms with Gasteiger partial charge >= 0.3 is 0 Å². The number of hydrogen-bond acceptors (Lipinski definition) is 3. The lowest BCUT2D eigenvalue weighted by atomic mass is 9.79. The lowest BCUT2D eigenvalue weighted by molar-refractivity contribution is -0.0712. The van der Waals surface area contributed by atoms with Crippen LogP contribution in [0.3, 0.4) is 0 Å². The fourth-order valence-corrected chi connectivity index (χ4v) is 3.14. The zero-order chi connectivity index (χ0) is 12.4. The first-order valence-corrected chi connectivity index (χ1v) is 7.05. The molecule has 0 radical (unpaired) electrons. The average Bonchev–Trinajstić information content (AvgIpc) is 2.38. The van der Waals surface area contributed by atoms with Gasteiger partial charge in [-0.1, -0.05) is 6.07 Å². The molecule has 1 fully saturated rings. The van der Waals surface area contributed by atoms with Crippen molar-refractivity contribution in [3.05, 3.63) is 29.6 Å². The second-order valence-corrected chi connectivity index (χ2v) is 5.61. The summed E-state index contributed by atoms with van der Waals surface area (Å²) in [6, 6.07) is 4.68. The van der Waals surface area contributed by atoms with Gasteiger partial charge in [0.05, 0.1) is 11.3 Å². The number of nitrogens with zero attached hydrogens (tertiary/aromatic N) is 1. The average molecular weight is 246 g/mol. The number of hydrogen-bond donors (Lipinski definition) is 1. The molecule has 3 heteroatoms. The van der Waals surface area contributed by atoms with Crippen molar-refractivity contribution >= 4 is 0 Å². The van der Waals surface area contributed by atoms with Crippen molar-refractivity contribution in [1.82, 2.24) is 10.3 Å². The van der Waals surface area contributed by atoms with Crippen LogP contribution in [-0.4, -0.2) is 24.2 Å². The second-order valence-electron chi connectivity index (χ2n) is 5.61. The largest absolute Gasteiger partial charge is 0.377 e. The van der Waals surface area contributed by atoms with E-state index in [2.05, 4.69) is 16.4 Å². The summed E-state index contributed by atoms with van der Waals surface area (Å²) in [7, 11) is 1.84. The minimum Gasteiger partial charge on any atom is -0.377 e. The molecular weight excluding hydrogens is 224 g/mol. The van der Waals surface area contributed by atoms with Crippen LogP contribution >= 0.6 is 0 Å². The topological polar surface area (TPSA) is 34.1 Å². The number of ether oxygens (including phenoxy) is 1. The van der Waals surface area contributed by atoms with Crippen molar-refractivity contribution in [3.63, 3.8) is 0 Å². The van der Waals surface area contributed by atoms with Gasteiger partial charge in [0.1, 0.15) is 0 Å². The van der Waals surface area contributed by atoms with Crippen LogP contribution in [0.25, 0.3) is 0 Å². The molecule has 0 amide bonds. The Kier molecular flexibility index (Phi) is 3.35. The van der Waals surface area contributed by atoms with Crippen molar-refractivity contribution in [2.24, 2.45) is 0 Å². The quantitative estimate of drug-likeness (QED) is 0.886. The van der Waals surface area contributed by atoms with E-state index in [1.165, 1.54) is 49.8 Å². The first kappa shape index (κ1) is 12.1. The summed E-state index contributed by atoms with van der Waals surface area (Å²) >= 11 is 0. The lowest BCUT2D eigenvalue weighted by Crippen LogP contribution is -2.49. The molecule has 3 rings (SSSR count). The third kappa shape index (κ3) is 2.17. The van der Waals surface area contributed by atoms with E-state index in [1.54, 1.807) is 0 Å². The third-order valence-electron chi connectivity index (χ3n) is 4.56. The number of methoxy groups -OCH3 is 1. The normalized spacial score (nSPS) is 25.3. The standard InChI is InChI=1S/C15H22N2O/c1-18-15(8-4-9-15)11-17-13-7-2-5-12-6-3-10-16-14(12)13/h3,6,10,13,17H,2,4-5,7-9,11H2,1H3. The van der Waals surface area contributed by atoms with Crippen LogP contribution in [0, 0.1) is 0 Å². The zero-order valence-corrected chi connectivity index (χ0v) is 11.1. The molecule has 3 nitrogen and oxygen atoms in total. The van der Waals surface area contributed by atoms with Gasteiger partial charge in [-0.25, -0.2) is 0 Å². The molecule has 0 bridgehead atoms. The number of rotatable bonds is 4. The van der Waals surface area contributed by atoms with E-state index >= 15 is 0 Å². The minimum absolute atomic E-state index is 0.104. The maximum absolute atomic E-state index is 5.67. The maximum Gasteiger partial charge on any atom is 0.0802 e. The minimum atomic E-state index is 0.104. The Labute approximate surface area is 109 Å². The van der Waals surface area contributed by atoms with Gasteiger partial charge in [-0.3, -0.25) is 4.98 Å². The van der Waals surface area contributed by atoms with Crippen LogP contribution in [0.15, 0.2) is 18.3 Å². The number of aryl methyl sites for hydroxylation is 1. The Morgan fingerprint density at radius 1 is 1.44 bits per heavy atom. The van der Waals surface area contributed by atoms with Gasteiger partial charge in [0, 0.05) is 25.9 Å². The molecule has 1 N–H and O–H groups in total. The van der Waals surface area contributed by atoms with Gasteiger partial charge in [0.2, 0.25) is 0 Å². The molecule has 0 saturated heterocycles. The van der Waals surface area contributed by atoms with E-state index < -0.39 is 0 Å². The molecule has 2 aliphatic carbocycles.